The predicted octanol–water partition coefficient (Wildman–Crippen LogP) is 2.46. The van der Waals surface area contributed by atoms with Gasteiger partial charge in [0.05, 0.1) is 29.0 Å². The molecule has 0 radical (unpaired) electrons. The Balaban J connectivity index is 1.72. The highest BCUT2D eigenvalue weighted by molar-refractivity contribution is 7.89. The van der Waals surface area contributed by atoms with E-state index in [1.165, 1.54) is 12.1 Å². The fourth-order valence-electron chi connectivity index (χ4n) is 1.78. The van der Waals surface area contributed by atoms with E-state index in [4.69, 9.17) is 11.6 Å². The van der Waals surface area contributed by atoms with Crippen molar-refractivity contribution >= 4 is 33.0 Å². The van der Waals surface area contributed by atoms with Gasteiger partial charge in [-0.3, -0.25) is 0 Å². The van der Waals surface area contributed by atoms with Gasteiger partial charge in [0, 0.05) is 10.4 Å². The number of thiophene rings is 1. The van der Waals surface area contributed by atoms with Crippen molar-refractivity contribution in [2.45, 2.75) is 11.4 Å². The molecule has 2 heterocycles. The SMILES string of the molecule is O=S(=O)(NCc1cn(-c2ccsc2)nn1)c1cccc(Cl)c1. The summed E-state index contributed by atoms with van der Waals surface area (Å²) in [4.78, 5) is 0.116. The molecular formula is C13H11ClN4O2S2. The lowest BCUT2D eigenvalue weighted by molar-refractivity contribution is 0.580. The maximum atomic E-state index is 12.2. The lowest BCUT2D eigenvalue weighted by Gasteiger charge is -2.05. The van der Waals surface area contributed by atoms with Gasteiger partial charge in [-0.25, -0.2) is 17.8 Å². The van der Waals surface area contributed by atoms with Crippen LogP contribution in [0.15, 0.2) is 52.2 Å². The second kappa shape index (κ2) is 6.17. The highest BCUT2D eigenvalue weighted by atomic mass is 35.5. The molecule has 0 amide bonds. The van der Waals surface area contributed by atoms with Gasteiger partial charge < -0.3 is 0 Å². The van der Waals surface area contributed by atoms with Crippen LogP contribution in [-0.4, -0.2) is 23.4 Å². The van der Waals surface area contributed by atoms with Crippen LogP contribution in [0.5, 0.6) is 0 Å². The largest absolute Gasteiger partial charge is 0.240 e. The van der Waals surface area contributed by atoms with Crippen LogP contribution in [0.1, 0.15) is 5.69 Å². The standard InChI is InChI=1S/C13H11ClN4O2S2/c14-10-2-1-3-13(6-10)22(19,20)15-7-11-8-18(17-16-11)12-4-5-21-9-12/h1-6,8-9,15H,7H2. The Kier molecular flexibility index (Phi) is 4.25. The van der Waals surface area contributed by atoms with E-state index in [1.807, 2.05) is 16.8 Å². The Morgan fingerprint density at radius 2 is 2.18 bits per heavy atom. The van der Waals surface area contributed by atoms with Gasteiger partial charge in [-0.1, -0.05) is 22.9 Å². The second-order valence-corrected chi connectivity index (χ2v) is 7.40. The number of hydrogen-bond acceptors (Lipinski definition) is 5. The smallest absolute Gasteiger partial charge is 0.220 e. The molecule has 1 N–H and O–H groups in total. The summed E-state index contributed by atoms with van der Waals surface area (Å²) < 4.78 is 28.4. The molecule has 1 aromatic carbocycles. The van der Waals surface area contributed by atoms with E-state index >= 15 is 0 Å². The summed E-state index contributed by atoms with van der Waals surface area (Å²) in [6.07, 6.45) is 1.68. The number of nitrogens with one attached hydrogen (secondary N) is 1. The van der Waals surface area contributed by atoms with E-state index in [0.29, 0.717) is 10.7 Å². The van der Waals surface area contributed by atoms with E-state index in [1.54, 1.807) is 34.3 Å². The zero-order valence-electron chi connectivity index (χ0n) is 11.2. The average Bonchev–Trinajstić information content (AvgIpc) is 3.16. The lowest BCUT2D eigenvalue weighted by atomic mass is 10.4. The van der Waals surface area contributed by atoms with E-state index in [-0.39, 0.29) is 11.4 Å². The molecule has 0 aliphatic rings. The Bertz CT molecular complexity index is 875. The van der Waals surface area contributed by atoms with Crippen LogP contribution >= 0.6 is 22.9 Å². The third kappa shape index (κ3) is 3.36. The number of halogens is 1. The summed E-state index contributed by atoms with van der Waals surface area (Å²) in [6, 6.07) is 7.98. The minimum atomic E-state index is -3.63. The molecule has 0 saturated heterocycles. The van der Waals surface area contributed by atoms with Crippen molar-refractivity contribution < 1.29 is 8.42 Å². The van der Waals surface area contributed by atoms with Gasteiger partial charge in [0.15, 0.2) is 0 Å². The van der Waals surface area contributed by atoms with E-state index in [2.05, 4.69) is 15.0 Å². The number of aromatic nitrogens is 3. The first kappa shape index (κ1) is 15.2. The zero-order chi connectivity index (χ0) is 15.6. The number of benzene rings is 1. The Labute approximate surface area is 136 Å². The van der Waals surface area contributed by atoms with Crippen LogP contribution in [0.25, 0.3) is 5.69 Å². The molecule has 9 heteroatoms. The first-order valence-electron chi connectivity index (χ1n) is 6.24. The van der Waals surface area contributed by atoms with Gasteiger partial charge in [-0.05, 0) is 29.6 Å². The summed E-state index contributed by atoms with van der Waals surface area (Å²) >= 11 is 7.36. The number of sulfonamides is 1. The summed E-state index contributed by atoms with van der Waals surface area (Å²) in [5.41, 5.74) is 1.42. The van der Waals surface area contributed by atoms with E-state index < -0.39 is 10.0 Å². The maximum absolute atomic E-state index is 12.2. The van der Waals surface area contributed by atoms with Gasteiger partial charge in [-0.15, -0.1) is 5.10 Å². The molecule has 0 atom stereocenters. The predicted molar refractivity (Wildman–Crippen MR) is 84.7 cm³/mol. The van der Waals surface area contributed by atoms with Crippen molar-refractivity contribution in [2.24, 2.45) is 0 Å². The van der Waals surface area contributed by atoms with Crippen molar-refractivity contribution in [1.29, 1.82) is 0 Å². The van der Waals surface area contributed by atoms with Gasteiger partial charge >= 0.3 is 0 Å². The molecule has 0 bridgehead atoms. The Morgan fingerprint density at radius 3 is 2.91 bits per heavy atom. The molecule has 2 aromatic heterocycles. The molecule has 0 aliphatic carbocycles. The van der Waals surface area contributed by atoms with E-state index in [0.717, 1.165) is 5.69 Å². The van der Waals surface area contributed by atoms with Crippen molar-refractivity contribution in [3.05, 3.63) is 58.0 Å². The molecular weight excluding hydrogens is 344 g/mol. The molecule has 114 valence electrons. The average molecular weight is 355 g/mol. The Hall–Kier alpha value is -1.74. The molecule has 0 saturated carbocycles. The summed E-state index contributed by atoms with van der Waals surface area (Å²) in [5.74, 6) is 0. The molecule has 0 unspecified atom stereocenters. The van der Waals surface area contributed by atoms with Crippen LogP contribution in [0.2, 0.25) is 5.02 Å². The first-order chi connectivity index (χ1) is 10.5. The summed E-state index contributed by atoms with van der Waals surface area (Å²) in [6.45, 7) is 0.0545. The van der Waals surface area contributed by atoms with Gasteiger partial charge in [-0.2, -0.15) is 11.3 Å². The molecule has 3 aromatic rings. The number of hydrogen-bond donors (Lipinski definition) is 1. The highest BCUT2D eigenvalue weighted by Gasteiger charge is 2.15. The monoisotopic (exact) mass is 354 g/mol. The highest BCUT2D eigenvalue weighted by Crippen LogP contribution is 2.16. The van der Waals surface area contributed by atoms with Crippen molar-refractivity contribution in [3.8, 4) is 5.69 Å². The minimum absolute atomic E-state index is 0.0545. The van der Waals surface area contributed by atoms with Crippen molar-refractivity contribution in [1.82, 2.24) is 19.7 Å². The molecule has 3 rings (SSSR count). The topological polar surface area (TPSA) is 76.9 Å². The van der Waals surface area contributed by atoms with E-state index in [9.17, 15) is 8.42 Å². The minimum Gasteiger partial charge on any atom is -0.220 e. The number of rotatable bonds is 5. The normalized spacial score (nSPS) is 11.7. The van der Waals surface area contributed by atoms with Gasteiger partial charge in [0.1, 0.15) is 0 Å². The third-order valence-corrected chi connectivity index (χ3v) is 5.17. The summed E-state index contributed by atoms with van der Waals surface area (Å²) in [7, 11) is -3.63. The van der Waals surface area contributed by atoms with Crippen LogP contribution < -0.4 is 4.72 Å². The number of nitrogens with zero attached hydrogens (tertiary/aromatic N) is 3. The quantitative estimate of drug-likeness (QED) is 0.763. The lowest BCUT2D eigenvalue weighted by Crippen LogP contribution is -2.23. The van der Waals surface area contributed by atoms with Crippen LogP contribution in [0.3, 0.4) is 0 Å². The first-order valence-corrected chi connectivity index (χ1v) is 9.04. The van der Waals surface area contributed by atoms with Crippen LogP contribution in [0.4, 0.5) is 0 Å². The van der Waals surface area contributed by atoms with Gasteiger partial charge in [0.25, 0.3) is 0 Å². The van der Waals surface area contributed by atoms with Gasteiger partial charge in [0.2, 0.25) is 10.0 Å². The molecule has 6 nitrogen and oxygen atoms in total. The van der Waals surface area contributed by atoms with Crippen molar-refractivity contribution in [2.75, 3.05) is 0 Å². The molecule has 22 heavy (non-hydrogen) atoms. The third-order valence-electron chi connectivity index (χ3n) is 2.86. The second-order valence-electron chi connectivity index (χ2n) is 4.42. The summed E-state index contributed by atoms with van der Waals surface area (Å²) in [5, 5.41) is 12.1. The van der Waals surface area contributed by atoms with Crippen LogP contribution in [0, 0.1) is 0 Å². The fraction of sp³-hybridized carbons (Fsp3) is 0.0769. The molecule has 0 aliphatic heterocycles. The zero-order valence-corrected chi connectivity index (χ0v) is 13.6. The maximum Gasteiger partial charge on any atom is 0.240 e. The molecule has 0 fully saturated rings. The molecule has 0 spiro atoms. The Morgan fingerprint density at radius 1 is 1.32 bits per heavy atom. The fourth-order valence-corrected chi connectivity index (χ4v) is 3.70. The van der Waals surface area contributed by atoms with Crippen molar-refractivity contribution in [3.63, 3.8) is 0 Å². The van der Waals surface area contributed by atoms with Crippen LogP contribution in [-0.2, 0) is 16.6 Å².